The molecule has 0 aromatic rings. The second kappa shape index (κ2) is 4.21. The highest BCUT2D eigenvalue weighted by molar-refractivity contribution is 4.92. The molecule has 1 rings (SSSR count). The molecule has 3 nitrogen and oxygen atoms in total. The molecule has 2 N–H and O–H groups in total. The maximum absolute atomic E-state index is 8.91. The van der Waals surface area contributed by atoms with Crippen LogP contribution in [0.2, 0.25) is 0 Å². The first-order chi connectivity index (χ1) is 5.68. The summed E-state index contributed by atoms with van der Waals surface area (Å²) < 4.78 is 5.34. The lowest BCUT2D eigenvalue weighted by Gasteiger charge is -2.30. The first-order valence-electron chi connectivity index (χ1n) is 4.65. The average molecular weight is 173 g/mol. The first kappa shape index (κ1) is 9.96. The minimum absolute atomic E-state index is 0.0446. The van der Waals surface area contributed by atoms with Crippen LogP contribution in [0.4, 0.5) is 0 Å². The van der Waals surface area contributed by atoms with Gasteiger partial charge in [-0.2, -0.15) is 0 Å². The van der Waals surface area contributed by atoms with Gasteiger partial charge in [0, 0.05) is 24.8 Å². The molecule has 0 bridgehead atoms. The van der Waals surface area contributed by atoms with E-state index in [-0.39, 0.29) is 12.1 Å². The summed E-state index contributed by atoms with van der Waals surface area (Å²) >= 11 is 0. The summed E-state index contributed by atoms with van der Waals surface area (Å²) in [5.74, 6) is 0. The molecular weight excluding hydrogens is 154 g/mol. The third-order valence-electron chi connectivity index (χ3n) is 2.29. The van der Waals surface area contributed by atoms with Crippen LogP contribution in [-0.2, 0) is 4.74 Å². The standard InChI is InChI=1S/C9H19NO2/c1-8(2)10-9(3-5-11)4-6-12-7-9/h8,10-11H,3-7H2,1-2H3. The van der Waals surface area contributed by atoms with E-state index in [1.54, 1.807) is 0 Å². The SMILES string of the molecule is CC(C)NC1(CCO)CCOC1. The van der Waals surface area contributed by atoms with Gasteiger partial charge in [-0.05, 0) is 12.8 Å². The lowest BCUT2D eigenvalue weighted by atomic mass is 9.94. The van der Waals surface area contributed by atoms with Crippen LogP contribution in [0.1, 0.15) is 26.7 Å². The summed E-state index contributed by atoms with van der Waals surface area (Å²) in [4.78, 5) is 0. The Labute approximate surface area is 74.1 Å². The van der Waals surface area contributed by atoms with Crippen molar-refractivity contribution >= 4 is 0 Å². The van der Waals surface area contributed by atoms with Crippen LogP contribution in [0.5, 0.6) is 0 Å². The van der Waals surface area contributed by atoms with Gasteiger partial charge in [0.05, 0.1) is 6.61 Å². The molecule has 1 heterocycles. The van der Waals surface area contributed by atoms with Crippen molar-refractivity contribution in [3.63, 3.8) is 0 Å². The van der Waals surface area contributed by atoms with Gasteiger partial charge in [0.15, 0.2) is 0 Å². The second-order valence-corrected chi connectivity index (χ2v) is 3.86. The first-order valence-corrected chi connectivity index (χ1v) is 4.65. The Morgan fingerprint density at radius 3 is 2.75 bits per heavy atom. The van der Waals surface area contributed by atoms with Crippen molar-refractivity contribution in [2.75, 3.05) is 19.8 Å². The maximum Gasteiger partial charge on any atom is 0.0650 e. The van der Waals surface area contributed by atoms with Gasteiger partial charge in [0.1, 0.15) is 0 Å². The molecule has 1 saturated heterocycles. The smallest absolute Gasteiger partial charge is 0.0650 e. The Balaban J connectivity index is 2.46. The quantitative estimate of drug-likeness (QED) is 0.651. The lowest BCUT2D eigenvalue weighted by molar-refractivity contribution is 0.142. The Morgan fingerprint density at radius 1 is 1.58 bits per heavy atom. The number of rotatable bonds is 4. The maximum atomic E-state index is 8.91. The topological polar surface area (TPSA) is 41.5 Å². The van der Waals surface area contributed by atoms with E-state index in [9.17, 15) is 0 Å². The summed E-state index contributed by atoms with van der Waals surface area (Å²) in [6.45, 7) is 6.05. The molecule has 72 valence electrons. The molecule has 1 fully saturated rings. The molecule has 0 saturated carbocycles. The summed E-state index contributed by atoms with van der Waals surface area (Å²) in [5.41, 5.74) is 0.0446. The van der Waals surface area contributed by atoms with Crippen LogP contribution >= 0.6 is 0 Å². The van der Waals surface area contributed by atoms with E-state index in [0.29, 0.717) is 6.04 Å². The molecule has 0 radical (unpaired) electrons. The molecule has 1 unspecified atom stereocenters. The van der Waals surface area contributed by atoms with E-state index in [1.165, 1.54) is 0 Å². The summed E-state index contributed by atoms with van der Waals surface area (Å²) in [6, 6.07) is 0.457. The molecule has 0 aromatic heterocycles. The van der Waals surface area contributed by atoms with E-state index >= 15 is 0 Å². The molecule has 1 aliphatic heterocycles. The fourth-order valence-corrected chi connectivity index (χ4v) is 1.82. The van der Waals surface area contributed by atoms with Crippen LogP contribution in [-0.4, -0.2) is 36.5 Å². The van der Waals surface area contributed by atoms with Gasteiger partial charge in [-0.1, -0.05) is 13.8 Å². The van der Waals surface area contributed by atoms with Crippen LogP contribution < -0.4 is 5.32 Å². The molecule has 0 aromatic carbocycles. The lowest BCUT2D eigenvalue weighted by Crippen LogP contribution is -2.49. The number of hydrogen-bond donors (Lipinski definition) is 2. The second-order valence-electron chi connectivity index (χ2n) is 3.86. The van der Waals surface area contributed by atoms with Crippen LogP contribution in [0.3, 0.4) is 0 Å². The summed E-state index contributed by atoms with van der Waals surface area (Å²) in [5, 5.41) is 12.4. The predicted octanol–water partition coefficient (Wildman–Crippen LogP) is 0.526. The third-order valence-corrected chi connectivity index (χ3v) is 2.29. The monoisotopic (exact) mass is 173 g/mol. The zero-order valence-corrected chi connectivity index (χ0v) is 7.97. The highest BCUT2D eigenvalue weighted by Gasteiger charge is 2.34. The van der Waals surface area contributed by atoms with E-state index in [0.717, 1.165) is 26.1 Å². The summed E-state index contributed by atoms with van der Waals surface area (Å²) in [6.07, 6.45) is 1.82. The van der Waals surface area contributed by atoms with Crippen LogP contribution in [0.25, 0.3) is 0 Å². The highest BCUT2D eigenvalue weighted by Crippen LogP contribution is 2.22. The van der Waals surface area contributed by atoms with Gasteiger partial charge >= 0.3 is 0 Å². The number of hydrogen-bond acceptors (Lipinski definition) is 3. The Kier molecular flexibility index (Phi) is 3.50. The van der Waals surface area contributed by atoms with Crippen LogP contribution in [0.15, 0.2) is 0 Å². The Morgan fingerprint density at radius 2 is 2.33 bits per heavy atom. The zero-order chi connectivity index (χ0) is 9.03. The largest absolute Gasteiger partial charge is 0.396 e. The van der Waals surface area contributed by atoms with Crippen molar-refractivity contribution in [1.29, 1.82) is 0 Å². The van der Waals surface area contributed by atoms with E-state index < -0.39 is 0 Å². The number of nitrogens with one attached hydrogen (secondary N) is 1. The van der Waals surface area contributed by atoms with E-state index in [4.69, 9.17) is 9.84 Å². The fraction of sp³-hybridized carbons (Fsp3) is 1.00. The molecule has 0 aliphatic carbocycles. The van der Waals surface area contributed by atoms with Crippen molar-refractivity contribution in [3.8, 4) is 0 Å². The molecule has 0 amide bonds. The van der Waals surface area contributed by atoms with E-state index in [2.05, 4.69) is 19.2 Å². The Bertz CT molecular complexity index is 130. The van der Waals surface area contributed by atoms with Crippen molar-refractivity contribution in [2.45, 2.75) is 38.3 Å². The highest BCUT2D eigenvalue weighted by atomic mass is 16.5. The number of aliphatic hydroxyl groups is 1. The molecule has 1 atom stereocenters. The normalized spacial score (nSPS) is 30.0. The fourth-order valence-electron chi connectivity index (χ4n) is 1.82. The Hall–Kier alpha value is -0.120. The zero-order valence-electron chi connectivity index (χ0n) is 7.97. The van der Waals surface area contributed by atoms with Crippen molar-refractivity contribution in [1.82, 2.24) is 5.32 Å². The van der Waals surface area contributed by atoms with Gasteiger partial charge in [0.25, 0.3) is 0 Å². The van der Waals surface area contributed by atoms with Crippen molar-refractivity contribution < 1.29 is 9.84 Å². The van der Waals surface area contributed by atoms with Crippen LogP contribution in [0, 0.1) is 0 Å². The summed E-state index contributed by atoms with van der Waals surface area (Å²) in [7, 11) is 0. The van der Waals surface area contributed by atoms with Crippen molar-refractivity contribution in [2.24, 2.45) is 0 Å². The average Bonchev–Trinajstić information content (AvgIpc) is 2.36. The minimum Gasteiger partial charge on any atom is -0.396 e. The van der Waals surface area contributed by atoms with Gasteiger partial charge < -0.3 is 15.2 Å². The van der Waals surface area contributed by atoms with Gasteiger partial charge in [-0.15, -0.1) is 0 Å². The minimum atomic E-state index is 0.0446. The molecule has 12 heavy (non-hydrogen) atoms. The molecule has 1 aliphatic rings. The van der Waals surface area contributed by atoms with Crippen molar-refractivity contribution in [3.05, 3.63) is 0 Å². The number of ether oxygens (including phenoxy) is 1. The number of aliphatic hydroxyl groups excluding tert-OH is 1. The van der Waals surface area contributed by atoms with E-state index in [1.807, 2.05) is 0 Å². The third kappa shape index (κ3) is 2.44. The van der Waals surface area contributed by atoms with Gasteiger partial charge in [-0.3, -0.25) is 0 Å². The predicted molar refractivity (Wildman–Crippen MR) is 48.1 cm³/mol. The molecular formula is C9H19NO2. The molecule has 3 heteroatoms. The van der Waals surface area contributed by atoms with Gasteiger partial charge in [0.2, 0.25) is 0 Å². The molecule has 0 spiro atoms. The van der Waals surface area contributed by atoms with Gasteiger partial charge in [-0.25, -0.2) is 0 Å².